The predicted octanol–water partition coefficient (Wildman–Crippen LogP) is 5.65. The van der Waals surface area contributed by atoms with Gasteiger partial charge < -0.3 is 13.6 Å². The summed E-state index contributed by atoms with van der Waals surface area (Å²) in [5, 5.41) is 10.1. The van der Waals surface area contributed by atoms with E-state index in [1.807, 2.05) is 67.8 Å². The van der Waals surface area contributed by atoms with E-state index in [0.717, 1.165) is 39.3 Å². The molecule has 0 atom stereocenters. The maximum atomic E-state index is 13.0. The maximum Gasteiger partial charge on any atom is 0.191 e. The fraction of sp³-hybridized carbons (Fsp3) is 0.261. The highest BCUT2D eigenvalue weighted by Crippen LogP contribution is 2.26. The number of rotatable bonds is 8. The molecule has 3 aromatic heterocycles. The van der Waals surface area contributed by atoms with Gasteiger partial charge in [0.15, 0.2) is 16.8 Å². The van der Waals surface area contributed by atoms with E-state index in [1.54, 1.807) is 6.26 Å². The quantitative estimate of drug-likeness (QED) is 0.254. The van der Waals surface area contributed by atoms with Crippen LogP contribution in [-0.4, -0.2) is 30.9 Å². The fourth-order valence-corrected chi connectivity index (χ4v) is 4.60. The largest absolute Gasteiger partial charge is 0.467 e. The van der Waals surface area contributed by atoms with Crippen LogP contribution < -0.4 is 0 Å². The van der Waals surface area contributed by atoms with E-state index in [4.69, 9.17) is 16.0 Å². The molecule has 0 radical (unpaired) electrons. The van der Waals surface area contributed by atoms with Crippen LogP contribution in [0.5, 0.6) is 0 Å². The SMILES string of the molecule is CCn1c(SCC(=O)c2cc(C)n(Cc3ccco3)c2C)nnc1-c1ccc(Cl)cc1. The normalized spacial score (nSPS) is 11.2. The first-order valence-electron chi connectivity index (χ1n) is 10.0. The first kappa shape index (κ1) is 21.5. The number of Topliss-reactive ketones (excluding diaryl/α,β-unsaturated/α-hetero) is 1. The minimum absolute atomic E-state index is 0.0718. The zero-order chi connectivity index (χ0) is 22.0. The minimum Gasteiger partial charge on any atom is -0.467 e. The van der Waals surface area contributed by atoms with Crippen LogP contribution in [0.3, 0.4) is 0 Å². The number of halogens is 1. The first-order valence-corrected chi connectivity index (χ1v) is 11.4. The molecule has 0 aliphatic heterocycles. The van der Waals surface area contributed by atoms with Gasteiger partial charge in [-0.15, -0.1) is 10.2 Å². The van der Waals surface area contributed by atoms with Gasteiger partial charge in [0.05, 0.1) is 18.6 Å². The lowest BCUT2D eigenvalue weighted by molar-refractivity contribution is 0.102. The molecule has 0 N–H and O–H groups in total. The van der Waals surface area contributed by atoms with Crippen molar-refractivity contribution in [2.75, 3.05) is 5.75 Å². The summed E-state index contributed by atoms with van der Waals surface area (Å²) in [7, 11) is 0. The molecule has 0 unspecified atom stereocenters. The molecule has 8 heteroatoms. The van der Waals surface area contributed by atoms with Gasteiger partial charge in [0.2, 0.25) is 0 Å². The summed E-state index contributed by atoms with van der Waals surface area (Å²) in [6.07, 6.45) is 1.66. The van der Waals surface area contributed by atoms with Crippen molar-refractivity contribution in [1.29, 1.82) is 0 Å². The summed E-state index contributed by atoms with van der Waals surface area (Å²) in [4.78, 5) is 13.0. The monoisotopic (exact) mass is 454 g/mol. The molecule has 0 saturated heterocycles. The Kier molecular flexibility index (Phi) is 6.34. The van der Waals surface area contributed by atoms with Crippen LogP contribution in [0.15, 0.2) is 58.3 Å². The van der Waals surface area contributed by atoms with Crippen molar-refractivity contribution < 1.29 is 9.21 Å². The number of aryl methyl sites for hydroxylation is 1. The summed E-state index contributed by atoms with van der Waals surface area (Å²) in [5.74, 6) is 2.00. The Hall–Kier alpha value is -2.77. The van der Waals surface area contributed by atoms with Gasteiger partial charge >= 0.3 is 0 Å². The van der Waals surface area contributed by atoms with Crippen LogP contribution in [0.2, 0.25) is 5.02 Å². The van der Waals surface area contributed by atoms with E-state index in [9.17, 15) is 4.79 Å². The van der Waals surface area contributed by atoms with E-state index in [2.05, 4.69) is 14.8 Å². The molecule has 0 amide bonds. The number of carbonyl (C=O) groups excluding carboxylic acids is 1. The average Bonchev–Trinajstić information content (AvgIpc) is 3.49. The second-order valence-corrected chi connectivity index (χ2v) is 8.60. The molecule has 0 bridgehead atoms. The van der Waals surface area contributed by atoms with E-state index in [1.165, 1.54) is 11.8 Å². The molecule has 6 nitrogen and oxygen atoms in total. The predicted molar refractivity (Wildman–Crippen MR) is 123 cm³/mol. The molecule has 4 rings (SSSR count). The molecule has 0 aliphatic rings. The van der Waals surface area contributed by atoms with Gasteiger partial charge in [0.25, 0.3) is 0 Å². The van der Waals surface area contributed by atoms with Crippen molar-refractivity contribution in [1.82, 2.24) is 19.3 Å². The van der Waals surface area contributed by atoms with Gasteiger partial charge in [0, 0.05) is 34.1 Å². The van der Waals surface area contributed by atoms with Crippen LogP contribution in [0, 0.1) is 13.8 Å². The summed E-state index contributed by atoms with van der Waals surface area (Å²) < 4.78 is 9.57. The third kappa shape index (κ3) is 4.48. The summed E-state index contributed by atoms with van der Waals surface area (Å²) in [6, 6.07) is 13.3. The van der Waals surface area contributed by atoms with Crippen LogP contribution in [0.1, 0.15) is 34.4 Å². The fourth-order valence-electron chi connectivity index (χ4n) is 3.59. The number of aromatic nitrogens is 4. The van der Waals surface area contributed by atoms with Gasteiger partial charge in [-0.1, -0.05) is 23.4 Å². The lowest BCUT2D eigenvalue weighted by Crippen LogP contribution is -2.08. The van der Waals surface area contributed by atoms with Crippen molar-refractivity contribution in [3.05, 3.63) is 76.5 Å². The highest BCUT2D eigenvalue weighted by molar-refractivity contribution is 7.99. The topological polar surface area (TPSA) is 65.8 Å². The highest BCUT2D eigenvalue weighted by atomic mass is 35.5. The maximum absolute atomic E-state index is 13.0. The van der Waals surface area contributed by atoms with Crippen molar-refractivity contribution in [3.63, 3.8) is 0 Å². The van der Waals surface area contributed by atoms with Gasteiger partial charge in [-0.25, -0.2) is 0 Å². The summed E-state index contributed by atoms with van der Waals surface area (Å²) in [6.45, 7) is 7.34. The smallest absolute Gasteiger partial charge is 0.191 e. The Morgan fingerprint density at radius 1 is 1.13 bits per heavy atom. The number of hydrogen-bond donors (Lipinski definition) is 0. The highest BCUT2D eigenvalue weighted by Gasteiger charge is 2.19. The summed E-state index contributed by atoms with van der Waals surface area (Å²) in [5.41, 5.74) is 3.65. The Morgan fingerprint density at radius 3 is 2.58 bits per heavy atom. The molecular weight excluding hydrogens is 432 g/mol. The lowest BCUT2D eigenvalue weighted by Gasteiger charge is -2.08. The minimum atomic E-state index is 0.0718. The molecule has 3 heterocycles. The number of furan rings is 1. The lowest BCUT2D eigenvalue weighted by atomic mass is 10.2. The van der Waals surface area contributed by atoms with E-state index in [0.29, 0.717) is 23.9 Å². The zero-order valence-corrected chi connectivity index (χ0v) is 19.2. The van der Waals surface area contributed by atoms with Crippen LogP contribution in [-0.2, 0) is 13.1 Å². The Labute approximate surface area is 190 Å². The van der Waals surface area contributed by atoms with Gasteiger partial charge in [-0.05, 0) is 63.2 Å². The number of ketones is 1. The Bertz CT molecular complexity index is 1190. The first-order chi connectivity index (χ1) is 15.0. The van der Waals surface area contributed by atoms with Crippen LogP contribution in [0.25, 0.3) is 11.4 Å². The van der Waals surface area contributed by atoms with Crippen molar-refractivity contribution in [2.24, 2.45) is 0 Å². The van der Waals surface area contributed by atoms with Crippen molar-refractivity contribution in [3.8, 4) is 11.4 Å². The number of thioether (sulfide) groups is 1. The molecule has 0 aliphatic carbocycles. The third-order valence-electron chi connectivity index (χ3n) is 5.24. The van der Waals surface area contributed by atoms with Crippen molar-refractivity contribution in [2.45, 2.75) is 39.0 Å². The van der Waals surface area contributed by atoms with Crippen LogP contribution in [0.4, 0.5) is 0 Å². The van der Waals surface area contributed by atoms with Gasteiger partial charge in [0.1, 0.15) is 5.76 Å². The molecule has 0 fully saturated rings. The second kappa shape index (κ2) is 9.16. The van der Waals surface area contributed by atoms with Crippen molar-refractivity contribution >= 4 is 29.1 Å². The summed E-state index contributed by atoms with van der Waals surface area (Å²) >= 11 is 7.40. The van der Waals surface area contributed by atoms with E-state index in [-0.39, 0.29) is 5.78 Å². The van der Waals surface area contributed by atoms with Gasteiger partial charge in [-0.2, -0.15) is 0 Å². The van der Waals surface area contributed by atoms with Gasteiger partial charge in [-0.3, -0.25) is 4.79 Å². The third-order valence-corrected chi connectivity index (χ3v) is 6.45. The van der Waals surface area contributed by atoms with Crippen LogP contribution >= 0.6 is 23.4 Å². The molecular formula is C23H23ClN4O2S. The molecule has 160 valence electrons. The molecule has 0 saturated carbocycles. The molecule has 0 spiro atoms. The number of carbonyl (C=O) groups is 1. The number of benzene rings is 1. The van der Waals surface area contributed by atoms with E-state index >= 15 is 0 Å². The Balaban J connectivity index is 1.50. The number of hydrogen-bond acceptors (Lipinski definition) is 5. The number of nitrogens with zero attached hydrogens (tertiary/aromatic N) is 4. The second-order valence-electron chi connectivity index (χ2n) is 7.22. The van der Waals surface area contributed by atoms with E-state index < -0.39 is 0 Å². The molecule has 1 aromatic carbocycles. The molecule has 31 heavy (non-hydrogen) atoms. The zero-order valence-electron chi connectivity index (χ0n) is 17.6. The standard InChI is InChI=1S/C23H23ClN4O2S/c1-4-27-22(17-7-9-18(24)10-8-17)25-26-23(27)31-14-21(29)20-12-15(2)28(16(20)3)13-19-6-5-11-30-19/h5-12H,4,13-14H2,1-3H3. The average molecular weight is 455 g/mol. The Morgan fingerprint density at radius 2 is 1.90 bits per heavy atom. The molecule has 4 aromatic rings.